The molecule has 0 radical (unpaired) electrons. The Morgan fingerprint density at radius 2 is 2.04 bits per heavy atom. The molecule has 0 aliphatic heterocycles. The highest BCUT2D eigenvalue weighted by molar-refractivity contribution is 6.31. The number of oxime groups is 1. The van der Waals surface area contributed by atoms with Crippen molar-refractivity contribution in [1.29, 1.82) is 0 Å². The molecule has 0 saturated heterocycles. The molecule has 0 bridgehead atoms. The molecule has 144 valence electrons. The number of hydrogen-bond donors (Lipinski definition) is 0. The summed E-state index contributed by atoms with van der Waals surface area (Å²) in [5.41, 5.74) is 4.09. The summed E-state index contributed by atoms with van der Waals surface area (Å²) in [6, 6.07) is 13.3. The summed E-state index contributed by atoms with van der Waals surface area (Å²) in [6.45, 7) is 2.11. The minimum Gasteiger partial charge on any atom is -0.391 e. The Morgan fingerprint density at radius 1 is 1.25 bits per heavy atom. The van der Waals surface area contributed by atoms with Gasteiger partial charge < -0.3 is 4.84 Å². The van der Waals surface area contributed by atoms with Crippen molar-refractivity contribution < 1.29 is 4.84 Å². The third-order valence-electron chi connectivity index (χ3n) is 4.81. The quantitative estimate of drug-likeness (QED) is 0.471. The van der Waals surface area contributed by atoms with Gasteiger partial charge in [0.05, 0.1) is 11.4 Å². The SMILES string of the molecule is CC(=NOCc1c(C2CC2)cccc1-n1nnn(C)c1=O)c1cccc(Cl)c1. The van der Waals surface area contributed by atoms with E-state index in [1.807, 2.05) is 43.3 Å². The molecule has 0 amide bonds. The van der Waals surface area contributed by atoms with Crippen LogP contribution >= 0.6 is 11.6 Å². The van der Waals surface area contributed by atoms with Gasteiger partial charge >= 0.3 is 5.69 Å². The van der Waals surface area contributed by atoms with E-state index in [2.05, 4.69) is 21.6 Å². The van der Waals surface area contributed by atoms with Crippen molar-refractivity contribution in [3.05, 3.63) is 74.7 Å². The Labute approximate surface area is 167 Å². The van der Waals surface area contributed by atoms with Crippen LogP contribution < -0.4 is 5.69 Å². The first-order chi connectivity index (χ1) is 13.5. The van der Waals surface area contributed by atoms with Crippen LogP contribution in [0.3, 0.4) is 0 Å². The molecule has 7 nitrogen and oxygen atoms in total. The number of benzene rings is 2. The van der Waals surface area contributed by atoms with E-state index in [-0.39, 0.29) is 12.3 Å². The molecular formula is C20H20ClN5O2. The molecule has 1 heterocycles. The maximum atomic E-state index is 12.3. The van der Waals surface area contributed by atoms with Crippen LogP contribution in [-0.2, 0) is 18.5 Å². The van der Waals surface area contributed by atoms with Crippen LogP contribution in [0.4, 0.5) is 0 Å². The van der Waals surface area contributed by atoms with E-state index in [9.17, 15) is 4.79 Å². The van der Waals surface area contributed by atoms with Crippen LogP contribution in [0, 0.1) is 0 Å². The third-order valence-corrected chi connectivity index (χ3v) is 5.04. The first-order valence-electron chi connectivity index (χ1n) is 9.08. The lowest BCUT2D eigenvalue weighted by Gasteiger charge is -2.13. The molecule has 8 heteroatoms. The Bertz CT molecular complexity index is 1100. The molecular weight excluding hydrogens is 378 g/mol. The molecule has 1 aromatic heterocycles. The number of tetrazole rings is 1. The lowest BCUT2D eigenvalue weighted by Crippen LogP contribution is -2.23. The van der Waals surface area contributed by atoms with E-state index < -0.39 is 0 Å². The molecule has 1 saturated carbocycles. The zero-order valence-electron chi connectivity index (χ0n) is 15.7. The van der Waals surface area contributed by atoms with Crippen molar-refractivity contribution in [2.24, 2.45) is 12.2 Å². The first-order valence-corrected chi connectivity index (χ1v) is 9.46. The fourth-order valence-electron chi connectivity index (χ4n) is 3.15. The topological polar surface area (TPSA) is 74.3 Å². The van der Waals surface area contributed by atoms with Gasteiger partial charge in [0.15, 0.2) is 0 Å². The highest BCUT2D eigenvalue weighted by atomic mass is 35.5. The van der Waals surface area contributed by atoms with E-state index in [4.69, 9.17) is 16.4 Å². The highest BCUT2D eigenvalue weighted by Crippen LogP contribution is 2.42. The minimum absolute atomic E-state index is 0.239. The third kappa shape index (κ3) is 3.71. The predicted octanol–water partition coefficient (Wildman–Crippen LogP) is 3.44. The van der Waals surface area contributed by atoms with E-state index in [0.717, 1.165) is 29.7 Å². The molecule has 1 fully saturated rings. The zero-order valence-corrected chi connectivity index (χ0v) is 16.4. The molecule has 0 spiro atoms. The average molecular weight is 398 g/mol. The standard InChI is InChI=1S/C20H20ClN5O2/c1-13(15-5-3-6-16(21)11-15)22-28-12-18-17(14-9-10-14)7-4-8-19(18)26-20(27)25(2)23-24-26/h3-8,11,14H,9-10,12H2,1-2H3. The normalized spacial score (nSPS) is 14.3. The number of aryl methyl sites for hydroxylation is 1. The van der Waals surface area contributed by atoms with Gasteiger partial charge in [-0.1, -0.05) is 41.0 Å². The maximum Gasteiger partial charge on any atom is 0.368 e. The van der Waals surface area contributed by atoms with Crippen molar-refractivity contribution >= 4 is 17.3 Å². The molecule has 4 rings (SSSR count). The van der Waals surface area contributed by atoms with Crippen LogP contribution in [0.2, 0.25) is 5.02 Å². The molecule has 3 aromatic rings. The number of halogens is 1. The van der Waals surface area contributed by atoms with Crippen molar-refractivity contribution in [3.8, 4) is 5.69 Å². The summed E-state index contributed by atoms with van der Waals surface area (Å²) in [5, 5.41) is 12.7. The average Bonchev–Trinajstić information content (AvgIpc) is 3.48. The smallest absolute Gasteiger partial charge is 0.368 e. The lowest BCUT2D eigenvalue weighted by atomic mass is 10.0. The predicted molar refractivity (Wildman–Crippen MR) is 107 cm³/mol. The van der Waals surface area contributed by atoms with Gasteiger partial charge in [0.1, 0.15) is 6.61 Å². The molecule has 2 aromatic carbocycles. The van der Waals surface area contributed by atoms with Gasteiger partial charge in [0, 0.05) is 23.2 Å². The van der Waals surface area contributed by atoms with E-state index in [1.54, 1.807) is 7.05 Å². The van der Waals surface area contributed by atoms with Gasteiger partial charge in [0.2, 0.25) is 0 Å². The van der Waals surface area contributed by atoms with Crippen molar-refractivity contribution in [2.45, 2.75) is 32.3 Å². The van der Waals surface area contributed by atoms with Crippen molar-refractivity contribution in [1.82, 2.24) is 19.8 Å². The Hall–Kier alpha value is -2.93. The second-order valence-corrected chi connectivity index (χ2v) is 7.31. The van der Waals surface area contributed by atoms with Crippen LogP contribution in [0.25, 0.3) is 5.69 Å². The number of hydrogen-bond acceptors (Lipinski definition) is 5. The maximum absolute atomic E-state index is 12.3. The largest absolute Gasteiger partial charge is 0.391 e. The summed E-state index contributed by atoms with van der Waals surface area (Å²) >= 11 is 6.04. The second-order valence-electron chi connectivity index (χ2n) is 6.88. The molecule has 1 aliphatic carbocycles. The van der Waals surface area contributed by atoms with E-state index >= 15 is 0 Å². The van der Waals surface area contributed by atoms with Gasteiger partial charge in [0.25, 0.3) is 0 Å². The molecule has 0 N–H and O–H groups in total. The van der Waals surface area contributed by atoms with Gasteiger partial charge in [-0.25, -0.2) is 4.79 Å². The van der Waals surface area contributed by atoms with Crippen LogP contribution in [-0.4, -0.2) is 25.5 Å². The molecule has 0 unspecified atom stereocenters. The monoisotopic (exact) mass is 397 g/mol. The van der Waals surface area contributed by atoms with Gasteiger partial charge in [-0.3, -0.25) is 0 Å². The number of rotatable bonds is 6. The van der Waals surface area contributed by atoms with E-state index in [1.165, 1.54) is 14.9 Å². The van der Waals surface area contributed by atoms with Crippen molar-refractivity contribution in [3.63, 3.8) is 0 Å². The fraction of sp³-hybridized carbons (Fsp3) is 0.300. The van der Waals surface area contributed by atoms with Crippen LogP contribution in [0.5, 0.6) is 0 Å². The van der Waals surface area contributed by atoms with Crippen molar-refractivity contribution in [2.75, 3.05) is 0 Å². The number of nitrogens with zero attached hydrogens (tertiary/aromatic N) is 5. The summed E-state index contributed by atoms with van der Waals surface area (Å²) < 4.78 is 2.51. The molecule has 28 heavy (non-hydrogen) atoms. The molecule has 0 atom stereocenters. The zero-order chi connectivity index (χ0) is 19.7. The minimum atomic E-state index is -0.298. The van der Waals surface area contributed by atoms with Crippen LogP contribution in [0.15, 0.2) is 52.4 Å². The fourth-order valence-corrected chi connectivity index (χ4v) is 3.34. The number of aromatic nitrogens is 4. The van der Waals surface area contributed by atoms with Gasteiger partial charge in [-0.05, 0) is 59.9 Å². The van der Waals surface area contributed by atoms with E-state index in [0.29, 0.717) is 16.6 Å². The Balaban J connectivity index is 1.64. The lowest BCUT2D eigenvalue weighted by molar-refractivity contribution is 0.129. The molecule has 1 aliphatic rings. The van der Waals surface area contributed by atoms with Crippen LogP contribution in [0.1, 0.15) is 42.4 Å². The van der Waals surface area contributed by atoms with Gasteiger partial charge in [-0.2, -0.15) is 9.36 Å². The first kappa shape index (κ1) is 18.4. The Kier molecular flexibility index (Phi) is 5.00. The van der Waals surface area contributed by atoms with Gasteiger partial charge in [-0.15, -0.1) is 0 Å². The highest BCUT2D eigenvalue weighted by Gasteiger charge is 2.28. The summed E-state index contributed by atoms with van der Waals surface area (Å²) in [5.74, 6) is 0.490. The summed E-state index contributed by atoms with van der Waals surface area (Å²) in [4.78, 5) is 18.0. The second kappa shape index (κ2) is 7.59. The summed E-state index contributed by atoms with van der Waals surface area (Å²) in [7, 11) is 1.57. The Morgan fingerprint density at radius 3 is 2.71 bits per heavy atom. The summed E-state index contributed by atoms with van der Waals surface area (Å²) in [6.07, 6.45) is 2.27.